The van der Waals surface area contributed by atoms with Gasteiger partial charge in [0.05, 0.1) is 0 Å². The highest BCUT2D eigenvalue weighted by Gasteiger charge is 2.49. The number of aryl methyl sites for hydroxylation is 1. The van der Waals surface area contributed by atoms with Crippen molar-refractivity contribution in [2.45, 2.75) is 6.92 Å². The lowest BCUT2D eigenvalue weighted by Gasteiger charge is -2.31. The predicted octanol–water partition coefficient (Wildman–Crippen LogP) is 5.25. The van der Waals surface area contributed by atoms with Crippen LogP contribution in [-0.4, -0.2) is 8.07 Å². The summed E-state index contributed by atoms with van der Waals surface area (Å²) in [5, 5.41) is 8.08. The average molecular weight is 439 g/mol. The minimum absolute atomic E-state index is 0.967. The summed E-state index contributed by atoms with van der Waals surface area (Å²) in [6, 6.07) is 42.4. The van der Waals surface area contributed by atoms with Crippen molar-refractivity contribution in [2.24, 2.45) is 0 Å². The maximum atomic E-state index is 6.62. The molecule has 0 fully saturated rings. The molecule has 0 bridgehead atoms. The summed E-state index contributed by atoms with van der Waals surface area (Å²) in [6.45, 7) is 2.12. The highest BCUT2D eigenvalue weighted by Crippen LogP contribution is 2.39. The van der Waals surface area contributed by atoms with Gasteiger partial charge < -0.3 is 4.42 Å². The molecule has 0 N–H and O–H groups in total. The van der Waals surface area contributed by atoms with Gasteiger partial charge in [-0.05, 0) is 44.9 Å². The summed E-state index contributed by atoms with van der Waals surface area (Å²) in [7, 11) is -2.46. The first kappa shape index (κ1) is 18.7. The Morgan fingerprint density at radius 2 is 1.21 bits per heavy atom. The van der Waals surface area contributed by atoms with Crippen LogP contribution in [0.3, 0.4) is 0 Å². The van der Waals surface area contributed by atoms with Crippen LogP contribution < -0.4 is 20.7 Å². The summed E-state index contributed by atoms with van der Waals surface area (Å²) in [5.41, 5.74) is 5.79. The fraction of sp³-hybridized carbons (Fsp3) is 0.0323. The Morgan fingerprint density at radius 3 is 1.94 bits per heavy atom. The van der Waals surface area contributed by atoms with Gasteiger partial charge in [0.1, 0.15) is 11.2 Å². The maximum Gasteiger partial charge on any atom is 0.181 e. The van der Waals surface area contributed by atoms with Gasteiger partial charge in [-0.2, -0.15) is 0 Å². The zero-order valence-corrected chi connectivity index (χ0v) is 19.4. The zero-order valence-electron chi connectivity index (χ0n) is 18.4. The Kier molecular flexibility index (Phi) is 3.85. The number of furan rings is 1. The molecule has 0 aliphatic carbocycles. The van der Waals surface area contributed by atoms with Crippen LogP contribution in [0.15, 0.2) is 120 Å². The van der Waals surface area contributed by atoms with Crippen molar-refractivity contribution in [1.82, 2.24) is 0 Å². The Labute approximate surface area is 194 Å². The summed E-state index contributed by atoms with van der Waals surface area (Å²) in [5.74, 6) is 0. The van der Waals surface area contributed by atoms with E-state index >= 15 is 0 Å². The fourth-order valence-corrected chi connectivity index (χ4v) is 11.0. The molecule has 6 aromatic rings. The second-order valence-corrected chi connectivity index (χ2v) is 12.7. The largest absolute Gasteiger partial charge is 0.455 e. The van der Waals surface area contributed by atoms with Crippen LogP contribution in [0.25, 0.3) is 33.1 Å². The Bertz CT molecular complexity index is 1620. The SMILES string of the molecule is Cc1ccc2c(c1)oc1c3c(ccc12)[Si](c1ccccc1)(c1ccccc1)c1ccccc1-3. The third-order valence-corrected chi connectivity index (χ3v) is 12.1. The van der Waals surface area contributed by atoms with Gasteiger partial charge in [-0.15, -0.1) is 0 Å². The molecule has 7 rings (SSSR count). The molecule has 0 unspecified atom stereocenters. The fourth-order valence-electron chi connectivity index (χ4n) is 5.87. The van der Waals surface area contributed by atoms with Gasteiger partial charge >= 0.3 is 0 Å². The minimum Gasteiger partial charge on any atom is -0.455 e. The van der Waals surface area contributed by atoms with E-state index in [4.69, 9.17) is 4.42 Å². The van der Waals surface area contributed by atoms with Gasteiger partial charge in [-0.1, -0.05) is 109 Å². The molecule has 0 atom stereocenters. The van der Waals surface area contributed by atoms with E-state index in [1.165, 1.54) is 48.2 Å². The van der Waals surface area contributed by atoms with Crippen molar-refractivity contribution in [3.63, 3.8) is 0 Å². The van der Waals surface area contributed by atoms with E-state index in [0.717, 1.165) is 11.2 Å². The molecule has 0 radical (unpaired) electrons. The van der Waals surface area contributed by atoms with Gasteiger partial charge in [0.15, 0.2) is 8.07 Å². The Morgan fingerprint density at radius 1 is 0.576 bits per heavy atom. The Balaban J connectivity index is 1.69. The van der Waals surface area contributed by atoms with E-state index in [2.05, 4.69) is 122 Å². The van der Waals surface area contributed by atoms with E-state index < -0.39 is 8.07 Å². The lowest BCUT2D eigenvalue weighted by Crippen LogP contribution is -2.72. The molecule has 1 aliphatic rings. The smallest absolute Gasteiger partial charge is 0.181 e. The molecule has 1 aliphatic heterocycles. The zero-order chi connectivity index (χ0) is 22.0. The highest BCUT2D eigenvalue weighted by atomic mass is 28.3. The number of hydrogen-bond acceptors (Lipinski definition) is 1. The minimum atomic E-state index is -2.46. The van der Waals surface area contributed by atoms with Crippen LogP contribution in [0.1, 0.15) is 5.56 Å². The van der Waals surface area contributed by atoms with Crippen LogP contribution in [0.2, 0.25) is 0 Å². The number of benzene rings is 5. The second-order valence-electron chi connectivity index (χ2n) is 8.99. The van der Waals surface area contributed by atoms with E-state index in [1.807, 2.05) is 0 Å². The molecule has 0 saturated carbocycles. The third kappa shape index (κ3) is 2.41. The highest BCUT2D eigenvalue weighted by molar-refractivity contribution is 7.22. The van der Waals surface area contributed by atoms with Crippen molar-refractivity contribution >= 4 is 50.8 Å². The standard InChI is InChI=1S/C31H22OSi/c1-21-16-17-24-25-18-19-29-30(31(25)32-27(24)20-21)26-14-8-9-15-28(26)33(29,22-10-4-2-5-11-22)23-12-6-3-7-13-23/h2-20H,1H3. The molecule has 2 heteroatoms. The summed E-state index contributed by atoms with van der Waals surface area (Å²) in [4.78, 5) is 0. The molecule has 2 heterocycles. The first-order chi connectivity index (χ1) is 16.3. The second kappa shape index (κ2) is 6.81. The monoisotopic (exact) mass is 438 g/mol. The average Bonchev–Trinajstić information content (AvgIpc) is 3.38. The molecule has 0 saturated heterocycles. The van der Waals surface area contributed by atoms with E-state index in [-0.39, 0.29) is 0 Å². The van der Waals surface area contributed by atoms with Gasteiger partial charge in [0.25, 0.3) is 0 Å². The summed E-state index contributed by atoms with van der Waals surface area (Å²) < 4.78 is 6.62. The first-order valence-corrected chi connectivity index (χ1v) is 13.5. The summed E-state index contributed by atoms with van der Waals surface area (Å²) in [6.07, 6.45) is 0. The van der Waals surface area contributed by atoms with E-state index in [1.54, 1.807) is 0 Å². The van der Waals surface area contributed by atoms with Crippen molar-refractivity contribution in [3.05, 3.63) is 121 Å². The maximum absolute atomic E-state index is 6.62. The molecule has 156 valence electrons. The predicted molar refractivity (Wildman–Crippen MR) is 141 cm³/mol. The van der Waals surface area contributed by atoms with Gasteiger partial charge in [0.2, 0.25) is 0 Å². The lowest BCUT2D eigenvalue weighted by molar-refractivity contribution is 0.670. The number of rotatable bonds is 2. The molecule has 1 nitrogen and oxygen atoms in total. The van der Waals surface area contributed by atoms with E-state index in [0.29, 0.717) is 0 Å². The summed E-state index contributed by atoms with van der Waals surface area (Å²) >= 11 is 0. The van der Waals surface area contributed by atoms with Gasteiger partial charge in [0, 0.05) is 16.3 Å². The van der Waals surface area contributed by atoms with Crippen LogP contribution >= 0.6 is 0 Å². The van der Waals surface area contributed by atoms with Crippen molar-refractivity contribution in [2.75, 3.05) is 0 Å². The Hall–Kier alpha value is -3.88. The molecule has 5 aromatic carbocycles. The molecule has 0 amide bonds. The molecule has 1 aromatic heterocycles. The molecule has 0 spiro atoms. The quantitative estimate of drug-likeness (QED) is 0.336. The molecular formula is C31H22OSi. The lowest BCUT2D eigenvalue weighted by atomic mass is 10.0. The van der Waals surface area contributed by atoms with Gasteiger partial charge in [-0.3, -0.25) is 0 Å². The number of fused-ring (bicyclic) bond motifs is 7. The van der Waals surface area contributed by atoms with Crippen LogP contribution in [-0.2, 0) is 0 Å². The molecular weight excluding hydrogens is 416 g/mol. The van der Waals surface area contributed by atoms with Crippen molar-refractivity contribution in [3.8, 4) is 11.1 Å². The van der Waals surface area contributed by atoms with Crippen LogP contribution in [0.5, 0.6) is 0 Å². The third-order valence-electron chi connectivity index (χ3n) is 7.22. The topological polar surface area (TPSA) is 13.1 Å². The van der Waals surface area contributed by atoms with Crippen molar-refractivity contribution in [1.29, 1.82) is 0 Å². The van der Waals surface area contributed by atoms with Crippen molar-refractivity contribution < 1.29 is 4.42 Å². The van der Waals surface area contributed by atoms with E-state index in [9.17, 15) is 0 Å². The molecule has 33 heavy (non-hydrogen) atoms. The van der Waals surface area contributed by atoms with Crippen LogP contribution in [0.4, 0.5) is 0 Å². The van der Waals surface area contributed by atoms with Gasteiger partial charge in [-0.25, -0.2) is 0 Å². The van der Waals surface area contributed by atoms with Crippen LogP contribution in [0, 0.1) is 6.92 Å². The number of hydrogen-bond donors (Lipinski definition) is 0. The first-order valence-electron chi connectivity index (χ1n) is 11.5. The normalized spacial score (nSPS) is 13.8.